The van der Waals surface area contributed by atoms with E-state index in [0.717, 1.165) is 25.0 Å². The van der Waals surface area contributed by atoms with Crippen molar-refractivity contribution in [1.82, 2.24) is 0 Å². The number of hydrogen-bond donors (Lipinski definition) is 0. The fraction of sp³-hybridized carbons (Fsp3) is 0.278. The minimum absolute atomic E-state index is 0.0608. The van der Waals surface area contributed by atoms with Crippen LogP contribution in [0.25, 0.3) is 11.1 Å². The zero-order valence-electron chi connectivity index (χ0n) is 23.3. The highest BCUT2D eigenvalue weighted by Crippen LogP contribution is 2.28. The summed E-state index contributed by atoms with van der Waals surface area (Å²) in [6.45, 7) is 0. The number of carbonyl (C=O) groups excluding carboxylic acids is 1. The normalized spacial score (nSPS) is 10.8. The maximum atomic E-state index is 14.7. The van der Waals surface area contributed by atoms with Gasteiger partial charge in [0.1, 0.15) is 23.5 Å². The molecule has 0 saturated carbocycles. The quantitative estimate of drug-likeness (QED) is 0.0890. The van der Waals surface area contributed by atoms with Crippen LogP contribution in [-0.2, 0) is 12.8 Å². The molecule has 5 heteroatoms. The lowest BCUT2D eigenvalue weighted by molar-refractivity contribution is 0.0734. The van der Waals surface area contributed by atoms with Crippen molar-refractivity contribution in [2.24, 2.45) is 0 Å². The molecule has 210 valence electrons. The summed E-state index contributed by atoms with van der Waals surface area (Å²) >= 11 is 0. The number of benzene rings is 4. The van der Waals surface area contributed by atoms with Gasteiger partial charge in [0.2, 0.25) is 0 Å². The molecule has 4 rings (SSSR count). The van der Waals surface area contributed by atoms with E-state index in [-0.39, 0.29) is 16.9 Å². The molecule has 0 saturated heterocycles. The summed E-state index contributed by atoms with van der Waals surface area (Å²) < 4.78 is 34.0. The van der Waals surface area contributed by atoms with E-state index in [1.807, 2.05) is 12.1 Å². The summed E-state index contributed by atoms with van der Waals surface area (Å²) in [7, 11) is 0. The molecule has 4 aromatic rings. The van der Waals surface area contributed by atoms with Gasteiger partial charge in [-0.3, -0.25) is 0 Å². The van der Waals surface area contributed by atoms with E-state index in [1.54, 1.807) is 18.2 Å². The molecular formula is C36H35F2NO2. The van der Waals surface area contributed by atoms with Crippen molar-refractivity contribution >= 4 is 5.97 Å². The smallest absolute Gasteiger partial charge is 0.343 e. The molecule has 0 aliphatic carbocycles. The van der Waals surface area contributed by atoms with Gasteiger partial charge in [0.05, 0.1) is 11.1 Å². The Hall–Kier alpha value is -4.30. The standard InChI is InChI=1S/C36H35F2NO2/c37-34-24-30(20-21-31(34)26-39)33-23-22-32(25-35(33)38)41-36(40)29-18-16-28(17-19-29)15-9-6-4-2-1-3-5-8-12-27-13-10-7-11-14-27/h7,10-11,13-14,16-25H,1-6,8-9,12,15H2. The van der Waals surface area contributed by atoms with Crippen LogP contribution in [-0.4, -0.2) is 5.97 Å². The zero-order valence-corrected chi connectivity index (χ0v) is 23.3. The first-order valence-corrected chi connectivity index (χ1v) is 14.4. The van der Waals surface area contributed by atoms with Gasteiger partial charge in [0.25, 0.3) is 0 Å². The summed E-state index contributed by atoms with van der Waals surface area (Å²) in [5.74, 6) is -1.88. The van der Waals surface area contributed by atoms with E-state index in [0.29, 0.717) is 11.1 Å². The first kappa shape index (κ1) is 29.7. The summed E-state index contributed by atoms with van der Waals surface area (Å²) in [6.07, 6.45) is 12.1. The molecule has 4 aromatic carbocycles. The molecule has 0 unspecified atom stereocenters. The van der Waals surface area contributed by atoms with Crippen molar-refractivity contribution in [3.8, 4) is 22.9 Å². The van der Waals surface area contributed by atoms with Gasteiger partial charge >= 0.3 is 5.97 Å². The third-order valence-corrected chi connectivity index (χ3v) is 7.27. The van der Waals surface area contributed by atoms with Crippen LogP contribution in [0.1, 0.15) is 78.4 Å². The average Bonchev–Trinajstić information content (AvgIpc) is 2.99. The van der Waals surface area contributed by atoms with Crippen LogP contribution in [0.4, 0.5) is 8.78 Å². The topological polar surface area (TPSA) is 50.1 Å². The second kappa shape index (κ2) is 15.5. The Morgan fingerprint density at radius 2 is 1.27 bits per heavy atom. The highest BCUT2D eigenvalue weighted by molar-refractivity contribution is 5.91. The van der Waals surface area contributed by atoms with Gasteiger partial charge in [0, 0.05) is 11.6 Å². The fourth-order valence-electron chi connectivity index (χ4n) is 4.90. The number of halogens is 2. The Morgan fingerprint density at radius 3 is 1.85 bits per heavy atom. The monoisotopic (exact) mass is 551 g/mol. The summed E-state index contributed by atoms with van der Waals surface area (Å²) in [5, 5.41) is 8.87. The zero-order chi connectivity index (χ0) is 28.9. The number of carbonyl (C=O) groups is 1. The Bertz CT molecular complexity index is 1460. The summed E-state index contributed by atoms with van der Waals surface area (Å²) in [4.78, 5) is 12.6. The van der Waals surface area contributed by atoms with Crippen molar-refractivity contribution in [2.75, 3.05) is 0 Å². The fourth-order valence-corrected chi connectivity index (χ4v) is 4.90. The van der Waals surface area contributed by atoms with E-state index in [1.165, 1.54) is 86.8 Å². The third kappa shape index (κ3) is 9.11. The lowest BCUT2D eigenvalue weighted by atomic mass is 10.0. The lowest BCUT2D eigenvalue weighted by Crippen LogP contribution is -2.08. The van der Waals surface area contributed by atoms with Crippen LogP contribution >= 0.6 is 0 Å². The average molecular weight is 552 g/mol. The molecule has 0 amide bonds. The summed E-state index contributed by atoms with van der Waals surface area (Å²) in [5.41, 5.74) is 3.33. The molecule has 0 spiro atoms. The van der Waals surface area contributed by atoms with E-state index in [2.05, 4.69) is 30.3 Å². The molecule has 0 heterocycles. The summed E-state index contributed by atoms with van der Waals surface area (Å²) in [6, 6.07) is 27.6. The molecule has 0 aliphatic rings. The van der Waals surface area contributed by atoms with Crippen LogP contribution in [0.15, 0.2) is 91.0 Å². The number of ether oxygens (including phenoxy) is 1. The molecule has 0 bridgehead atoms. The van der Waals surface area contributed by atoms with Crippen LogP contribution in [0.2, 0.25) is 0 Å². The number of rotatable bonds is 14. The van der Waals surface area contributed by atoms with Crippen molar-refractivity contribution in [2.45, 2.75) is 64.2 Å². The second-order valence-electron chi connectivity index (χ2n) is 10.3. The molecule has 3 nitrogen and oxygen atoms in total. The number of aryl methyl sites for hydroxylation is 2. The predicted octanol–water partition coefficient (Wildman–Crippen LogP) is 9.63. The Balaban J connectivity index is 1.14. The first-order chi connectivity index (χ1) is 20.0. The molecule has 41 heavy (non-hydrogen) atoms. The number of esters is 1. The lowest BCUT2D eigenvalue weighted by Gasteiger charge is -2.09. The molecule has 0 fully saturated rings. The van der Waals surface area contributed by atoms with Crippen molar-refractivity contribution in [3.63, 3.8) is 0 Å². The van der Waals surface area contributed by atoms with Crippen molar-refractivity contribution in [1.29, 1.82) is 5.26 Å². The molecule has 0 aliphatic heterocycles. The molecular weight excluding hydrogens is 516 g/mol. The van der Waals surface area contributed by atoms with E-state index in [9.17, 15) is 13.6 Å². The van der Waals surface area contributed by atoms with Gasteiger partial charge in [-0.05, 0) is 78.8 Å². The van der Waals surface area contributed by atoms with Gasteiger partial charge in [0.15, 0.2) is 0 Å². The third-order valence-electron chi connectivity index (χ3n) is 7.27. The number of nitrogens with zero attached hydrogens (tertiary/aromatic N) is 1. The molecule has 0 aromatic heterocycles. The second-order valence-corrected chi connectivity index (χ2v) is 10.3. The van der Waals surface area contributed by atoms with Gasteiger partial charge in [-0.15, -0.1) is 0 Å². The van der Waals surface area contributed by atoms with E-state index in [4.69, 9.17) is 10.00 Å². The maximum Gasteiger partial charge on any atom is 0.343 e. The Labute approximate surface area is 241 Å². The highest BCUT2D eigenvalue weighted by Gasteiger charge is 2.13. The van der Waals surface area contributed by atoms with Crippen LogP contribution in [0, 0.1) is 23.0 Å². The minimum atomic E-state index is -0.718. The Kier molecular flexibility index (Phi) is 11.2. The van der Waals surface area contributed by atoms with Crippen LogP contribution < -0.4 is 4.74 Å². The molecule has 0 atom stereocenters. The van der Waals surface area contributed by atoms with Gasteiger partial charge in [-0.25, -0.2) is 13.6 Å². The highest BCUT2D eigenvalue weighted by atomic mass is 19.1. The van der Waals surface area contributed by atoms with E-state index < -0.39 is 17.6 Å². The number of hydrogen-bond acceptors (Lipinski definition) is 3. The number of nitriles is 1. The first-order valence-electron chi connectivity index (χ1n) is 14.4. The maximum absolute atomic E-state index is 14.7. The number of unbranched alkanes of at least 4 members (excludes halogenated alkanes) is 7. The molecule has 0 N–H and O–H groups in total. The van der Waals surface area contributed by atoms with Crippen molar-refractivity contribution < 1.29 is 18.3 Å². The van der Waals surface area contributed by atoms with Crippen LogP contribution in [0.5, 0.6) is 5.75 Å². The van der Waals surface area contributed by atoms with Gasteiger partial charge < -0.3 is 4.74 Å². The minimum Gasteiger partial charge on any atom is -0.423 e. The predicted molar refractivity (Wildman–Crippen MR) is 159 cm³/mol. The van der Waals surface area contributed by atoms with Crippen LogP contribution in [0.3, 0.4) is 0 Å². The van der Waals surface area contributed by atoms with Gasteiger partial charge in [-0.2, -0.15) is 5.26 Å². The largest absolute Gasteiger partial charge is 0.423 e. The van der Waals surface area contributed by atoms with Gasteiger partial charge in [-0.1, -0.05) is 87.1 Å². The van der Waals surface area contributed by atoms with E-state index >= 15 is 0 Å². The SMILES string of the molecule is N#Cc1ccc(-c2ccc(OC(=O)c3ccc(CCCCCCCCCCc4ccccc4)cc3)cc2F)cc1F. The van der Waals surface area contributed by atoms with Crippen molar-refractivity contribution in [3.05, 3.63) is 125 Å². The molecule has 0 radical (unpaired) electrons. The Morgan fingerprint density at radius 1 is 0.659 bits per heavy atom.